The Kier molecular flexibility index (Phi) is 6.89. The van der Waals surface area contributed by atoms with Crippen LogP contribution in [0.1, 0.15) is 18.2 Å². The van der Waals surface area contributed by atoms with Gasteiger partial charge in [0.1, 0.15) is 0 Å². The normalized spacial score (nSPS) is 12.5. The smallest absolute Gasteiger partial charge is 0.405 e. The second kappa shape index (κ2) is 7.75. The van der Waals surface area contributed by atoms with Crippen LogP contribution in [0.5, 0.6) is 0 Å². The zero-order valence-electron chi connectivity index (χ0n) is 10.7. The van der Waals surface area contributed by atoms with Crippen molar-refractivity contribution in [3.63, 3.8) is 0 Å². The number of thiophene rings is 1. The van der Waals surface area contributed by atoms with Crippen molar-refractivity contribution in [2.24, 2.45) is 0 Å². The molecule has 1 unspecified atom stereocenters. The predicted octanol–water partition coefficient (Wildman–Crippen LogP) is 2.10. The summed E-state index contributed by atoms with van der Waals surface area (Å²) in [5, 5.41) is 1.01. The second-order valence-corrected chi connectivity index (χ2v) is 7.25. The molecule has 1 heterocycles. The highest BCUT2D eigenvalue weighted by Gasteiger charge is 2.47. The largest absolute Gasteiger partial charge is 0.600 e. The Morgan fingerprint density at radius 1 is 1.19 bits per heavy atom. The topological polar surface area (TPSA) is 69.2 Å². The summed E-state index contributed by atoms with van der Waals surface area (Å²) in [4.78, 5) is 0.470. The minimum absolute atomic E-state index is 0.313. The molecule has 0 aliphatic rings. The molecule has 0 spiro atoms. The van der Waals surface area contributed by atoms with Crippen molar-refractivity contribution in [2.45, 2.75) is 25.3 Å². The maximum Gasteiger partial charge on any atom is 0.600 e. The molecule has 118 valence electrons. The van der Waals surface area contributed by atoms with E-state index in [1.165, 1.54) is 6.07 Å². The monoisotopic (exact) mass is 406 g/mol. The molecule has 0 radical (unpaired) electrons. The highest BCUT2D eigenvalue weighted by molar-refractivity contribution is 7.38. The number of alkyl halides is 3. The van der Waals surface area contributed by atoms with Gasteiger partial charge in [-0.25, -0.2) is 0 Å². The Morgan fingerprint density at radius 2 is 1.76 bits per heavy atom. The van der Waals surface area contributed by atoms with Crippen molar-refractivity contribution in [1.29, 1.82) is 0 Å². The molecule has 2 aromatic rings. The van der Waals surface area contributed by atoms with Gasteiger partial charge >= 0.3 is 5.51 Å². The molecule has 0 aliphatic carbocycles. The van der Waals surface area contributed by atoms with Gasteiger partial charge in [0.2, 0.25) is 14.8 Å². The van der Waals surface area contributed by atoms with E-state index in [0.717, 1.165) is 0 Å². The fourth-order valence-electron chi connectivity index (χ4n) is 1.87. The third kappa shape index (κ3) is 5.39. The summed E-state index contributed by atoms with van der Waals surface area (Å²) >= 11 is 2.13. The quantitative estimate of drug-likeness (QED) is 0.716. The van der Waals surface area contributed by atoms with Crippen LogP contribution >= 0.6 is 22.1 Å². The summed E-state index contributed by atoms with van der Waals surface area (Å²) < 4.78 is 65.1. The molecule has 1 aromatic heterocycles. The molecule has 1 aromatic carbocycles. The van der Waals surface area contributed by atoms with E-state index in [1.807, 2.05) is 6.92 Å². The van der Waals surface area contributed by atoms with Gasteiger partial charge in [0.25, 0.3) is 0 Å². The number of halogens is 5. The summed E-state index contributed by atoms with van der Waals surface area (Å²) in [7, 11) is -1.79. The number of hydrogen-bond donors (Lipinski definition) is 0. The summed E-state index contributed by atoms with van der Waals surface area (Å²) in [5.41, 5.74) is -4.21. The van der Waals surface area contributed by atoms with Crippen LogP contribution in [-0.4, -0.2) is 0 Å². The van der Waals surface area contributed by atoms with Gasteiger partial charge in [-0.3, -0.25) is 0 Å². The van der Waals surface area contributed by atoms with Crippen molar-refractivity contribution < 1.29 is 40.6 Å². The first kappa shape index (κ1) is 18.7. The molecule has 9 heteroatoms. The first-order valence-electron chi connectivity index (χ1n) is 5.71. The van der Waals surface area contributed by atoms with Crippen molar-refractivity contribution in [3.8, 4) is 0 Å². The Hall–Kier alpha value is -0.380. The van der Waals surface area contributed by atoms with E-state index in [0.29, 0.717) is 32.8 Å². The van der Waals surface area contributed by atoms with E-state index in [-0.39, 0.29) is 0 Å². The molecule has 0 aliphatic heterocycles. The van der Waals surface area contributed by atoms with E-state index < -0.39 is 30.8 Å². The Morgan fingerprint density at radius 3 is 2.24 bits per heavy atom. The van der Waals surface area contributed by atoms with Gasteiger partial charge in [-0.15, -0.1) is 13.2 Å². The maximum atomic E-state index is 13.1. The van der Waals surface area contributed by atoms with Crippen molar-refractivity contribution in [1.82, 2.24) is 0 Å². The van der Waals surface area contributed by atoms with Crippen LogP contribution in [0.2, 0.25) is 5.02 Å². The average molecular weight is 408 g/mol. The van der Waals surface area contributed by atoms with Crippen LogP contribution in [0.3, 0.4) is 0 Å². The highest BCUT2D eigenvalue weighted by Crippen LogP contribution is 2.51. The summed E-state index contributed by atoms with van der Waals surface area (Å²) in [6, 6.07) is 6.38. The van der Waals surface area contributed by atoms with Crippen LogP contribution in [0.15, 0.2) is 24.3 Å². The van der Waals surface area contributed by atoms with Gasteiger partial charge in [-0.1, -0.05) is 18.5 Å². The molecule has 0 saturated carbocycles. The van der Waals surface area contributed by atoms with Crippen LogP contribution in [0.4, 0.5) is 13.2 Å². The zero-order chi connectivity index (χ0) is 16.2. The molecule has 3 nitrogen and oxygen atoms in total. The SMILES string of the molecule is CCCc1cc2ccc(Cl)cc2[s+]1C(F)(F)F.[O-][Br+2]([O-])[O-]. The molecular formula is C12H11BrClF3O3S. The van der Waals surface area contributed by atoms with Crippen LogP contribution in [-0.2, 0) is 11.9 Å². The molecule has 1 atom stereocenters. The lowest BCUT2D eigenvalue weighted by atomic mass is 10.2. The van der Waals surface area contributed by atoms with Gasteiger partial charge in [0.15, 0.2) is 9.58 Å². The van der Waals surface area contributed by atoms with E-state index >= 15 is 0 Å². The third-order valence-electron chi connectivity index (χ3n) is 2.50. The average Bonchev–Trinajstić information content (AvgIpc) is 2.65. The van der Waals surface area contributed by atoms with E-state index in [2.05, 4.69) is 0 Å². The lowest BCUT2D eigenvalue weighted by molar-refractivity contribution is -1.73. The zero-order valence-corrected chi connectivity index (χ0v) is 13.9. The number of hydrogen-bond acceptors (Lipinski definition) is 3. The van der Waals surface area contributed by atoms with E-state index in [1.54, 1.807) is 18.2 Å². The number of rotatable bonds is 2. The van der Waals surface area contributed by atoms with Crippen LogP contribution < -0.4 is 12.6 Å². The molecule has 2 rings (SSSR count). The second-order valence-electron chi connectivity index (χ2n) is 3.98. The number of aryl methyl sites for hydroxylation is 1. The summed E-state index contributed by atoms with van der Waals surface area (Å²) in [5.74, 6) is 0. The fourth-order valence-corrected chi connectivity index (χ4v) is 4.20. The first-order chi connectivity index (χ1) is 9.66. The van der Waals surface area contributed by atoms with Gasteiger partial charge in [-0.05, 0) is 18.6 Å². The number of benzene rings is 1. The van der Waals surface area contributed by atoms with Crippen LogP contribution in [0, 0.1) is 14.8 Å². The van der Waals surface area contributed by atoms with Gasteiger partial charge in [0, 0.05) is 29.0 Å². The van der Waals surface area contributed by atoms with Gasteiger partial charge in [0.05, 0.1) is 10.5 Å². The molecule has 0 fully saturated rings. The minimum Gasteiger partial charge on any atom is -0.405 e. The van der Waals surface area contributed by atoms with Crippen LogP contribution in [0.25, 0.3) is 10.1 Å². The Labute approximate surface area is 132 Å². The summed E-state index contributed by atoms with van der Waals surface area (Å²) in [6.07, 6.45) is 1.20. The number of fused-ring (bicyclic) bond motifs is 1. The Bertz CT molecular complexity index is 598. The molecule has 0 amide bonds. The van der Waals surface area contributed by atoms with Crippen molar-refractivity contribution >= 4 is 32.2 Å². The van der Waals surface area contributed by atoms with Gasteiger partial charge < -0.3 is 12.6 Å². The lowest BCUT2D eigenvalue weighted by Gasteiger charge is -1.99. The van der Waals surface area contributed by atoms with E-state index in [9.17, 15) is 13.2 Å². The molecule has 0 N–H and O–H groups in total. The molecule has 21 heavy (non-hydrogen) atoms. The van der Waals surface area contributed by atoms with Crippen molar-refractivity contribution in [3.05, 3.63) is 34.2 Å². The fraction of sp³-hybridized carbons (Fsp3) is 0.333. The molecular weight excluding hydrogens is 397 g/mol. The highest BCUT2D eigenvalue weighted by atomic mass is 80.0. The minimum atomic E-state index is -4.21. The molecule has 0 bridgehead atoms. The van der Waals surface area contributed by atoms with Gasteiger partial charge in [-0.2, -0.15) is 0 Å². The first-order valence-corrected chi connectivity index (χ1v) is 9.25. The summed E-state index contributed by atoms with van der Waals surface area (Å²) in [6.45, 7) is 1.88. The van der Waals surface area contributed by atoms with Crippen molar-refractivity contribution in [2.75, 3.05) is 0 Å². The Balaban J connectivity index is 0.000000491. The molecule has 0 saturated heterocycles. The predicted molar refractivity (Wildman–Crippen MR) is 66.7 cm³/mol. The standard InChI is InChI=1S/C12H11ClF3S.BrO3/c1-2-3-10-6-8-4-5-9(13)7-11(8)17(10)12(14,15)16;2-1(3)4/h4-7H,2-3H2,1H3;/q+1;-1. The van der Waals surface area contributed by atoms with E-state index in [4.69, 9.17) is 24.2 Å². The maximum absolute atomic E-state index is 13.1. The third-order valence-corrected chi connectivity index (χ3v) is 4.84. The lowest BCUT2D eigenvalue weighted by Crippen LogP contribution is -2.42.